The maximum absolute atomic E-state index is 6.48. The number of hydrogen-bond acceptors (Lipinski definition) is 5. The largest absolute Gasteiger partial charge is 0.456 e. The van der Waals surface area contributed by atoms with Crippen LogP contribution in [0.1, 0.15) is 25.2 Å². The lowest BCUT2D eigenvalue weighted by molar-refractivity contribution is 0.621. The molecule has 4 heterocycles. The van der Waals surface area contributed by atoms with Gasteiger partial charge in [-0.25, -0.2) is 19.9 Å². The molecule has 0 saturated carbocycles. The Morgan fingerprint density at radius 3 is 1.94 bits per heavy atom. The van der Waals surface area contributed by atoms with Crippen molar-refractivity contribution in [2.75, 3.05) is 0 Å². The topological polar surface area (TPSA) is 69.6 Å². The van der Waals surface area contributed by atoms with Gasteiger partial charge in [0.25, 0.3) is 0 Å². The molecular weight excluding hydrogens is 603 g/mol. The van der Waals surface area contributed by atoms with Crippen LogP contribution in [0, 0.1) is 0 Å². The molecule has 0 bridgehead atoms. The van der Waals surface area contributed by atoms with Crippen molar-refractivity contribution < 1.29 is 4.42 Å². The van der Waals surface area contributed by atoms with Gasteiger partial charge in [-0.05, 0) is 55.3 Å². The van der Waals surface area contributed by atoms with Crippen molar-refractivity contribution in [3.63, 3.8) is 0 Å². The number of hydrogen-bond donors (Lipinski definition) is 0. The Hall–Kier alpha value is -6.40. The van der Waals surface area contributed by atoms with Crippen molar-refractivity contribution in [1.82, 2.24) is 24.5 Å². The van der Waals surface area contributed by atoms with E-state index in [0.717, 1.165) is 66.6 Å². The molecule has 6 heteroatoms. The van der Waals surface area contributed by atoms with Crippen molar-refractivity contribution in [3.05, 3.63) is 151 Å². The molecule has 0 spiro atoms. The summed E-state index contributed by atoms with van der Waals surface area (Å²) >= 11 is 0. The van der Waals surface area contributed by atoms with Crippen LogP contribution in [0.15, 0.2) is 144 Å². The maximum Gasteiger partial charge on any atom is 0.164 e. The summed E-state index contributed by atoms with van der Waals surface area (Å²) in [7, 11) is 0. The van der Waals surface area contributed by atoms with Crippen LogP contribution in [0.5, 0.6) is 0 Å². The molecule has 1 aliphatic rings. The molecule has 3 aromatic heterocycles. The van der Waals surface area contributed by atoms with E-state index < -0.39 is 0 Å². The van der Waals surface area contributed by atoms with E-state index in [1.165, 1.54) is 11.3 Å². The minimum atomic E-state index is -0.240. The average molecular weight is 632 g/mol. The number of benzene rings is 6. The molecule has 9 aromatic rings. The minimum absolute atomic E-state index is 0.240. The normalized spacial score (nSPS) is 13.3. The van der Waals surface area contributed by atoms with Gasteiger partial charge in [0.1, 0.15) is 17.0 Å². The highest BCUT2D eigenvalue weighted by atomic mass is 16.3. The highest BCUT2D eigenvalue weighted by Gasteiger charge is 2.40. The van der Waals surface area contributed by atoms with Gasteiger partial charge < -0.3 is 4.42 Å². The number of para-hydroxylation sites is 3. The Labute approximate surface area is 282 Å². The van der Waals surface area contributed by atoms with E-state index >= 15 is 0 Å². The van der Waals surface area contributed by atoms with Gasteiger partial charge in [-0.15, -0.1) is 0 Å². The second-order valence-corrected chi connectivity index (χ2v) is 13.1. The third-order valence-corrected chi connectivity index (χ3v) is 9.80. The van der Waals surface area contributed by atoms with Gasteiger partial charge in [0.15, 0.2) is 17.5 Å². The number of fused-ring (bicyclic) bond motifs is 8. The summed E-state index contributed by atoms with van der Waals surface area (Å²) in [5.74, 6) is 2.91. The first-order valence-corrected chi connectivity index (χ1v) is 16.5. The predicted octanol–water partition coefficient (Wildman–Crippen LogP) is 10.4. The smallest absolute Gasteiger partial charge is 0.164 e. The fraction of sp³-hybridized carbons (Fsp3) is 0.0698. The molecule has 232 valence electrons. The quantitative estimate of drug-likeness (QED) is 0.193. The molecule has 49 heavy (non-hydrogen) atoms. The molecule has 0 fully saturated rings. The van der Waals surface area contributed by atoms with Crippen LogP contribution in [-0.4, -0.2) is 24.5 Å². The van der Waals surface area contributed by atoms with Crippen LogP contribution in [0.4, 0.5) is 0 Å². The monoisotopic (exact) mass is 631 g/mol. The Morgan fingerprint density at radius 2 is 1.18 bits per heavy atom. The van der Waals surface area contributed by atoms with Crippen molar-refractivity contribution in [3.8, 4) is 51.0 Å². The van der Waals surface area contributed by atoms with Gasteiger partial charge >= 0.3 is 0 Å². The summed E-state index contributed by atoms with van der Waals surface area (Å²) in [6, 6.07) is 47.7. The first-order chi connectivity index (χ1) is 24.0. The first-order valence-electron chi connectivity index (χ1n) is 16.5. The van der Waals surface area contributed by atoms with Gasteiger partial charge in [0.05, 0.1) is 22.1 Å². The van der Waals surface area contributed by atoms with Crippen molar-refractivity contribution in [2.45, 2.75) is 19.3 Å². The molecule has 0 unspecified atom stereocenters. The fourth-order valence-electron chi connectivity index (χ4n) is 7.42. The molecule has 6 aromatic carbocycles. The maximum atomic E-state index is 6.48. The van der Waals surface area contributed by atoms with Crippen molar-refractivity contribution >= 4 is 33.0 Å². The SMILES string of the molecule is CC1(C)c2cccc(-c3ccc4oc5cccc(-c6nc(-c7ccccc7)nc(-c7ccccc7)n6)c5c4c3)c2-n2c1nc1ccccc12. The van der Waals surface area contributed by atoms with E-state index in [1.54, 1.807) is 0 Å². The molecule has 0 radical (unpaired) electrons. The Balaban J connectivity index is 1.21. The zero-order valence-corrected chi connectivity index (χ0v) is 26.9. The zero-order chi connectivity index (χ0) is 32.7. The second-order valence-electron chi connectivity index (χ2n) is 13.1. The first kappa shape index (κ1) is 27.7. The Morgan fingerprint density at radius 1 is 0.531 bits per heavy atom. The Kier molecular flexibility index (Phi) is 5.82. The molecule has 10 rings (SSSR count). The van der Waals surface area contributed by atoms with Crippen LogP contribution in [0.25, 0.3) is 83.9 Å². The predicted molar refractivity (Wildman–Crippen MR) is 196 cm³/mol. The average Bonchev–Trinajstić information content (AvgIpc) is 3.80. The van der Waals surface area contributed by atoms with Gasteiger partial charge in [0.2, 0.25) is 0 Å². The van der Waals surface area contributed by atoms with E-state index in [-0.39, 0.29) is 5.41 Å². The lowest BCUT2D eigenvalue weighted by atomic mass is 9.84. The lowest BCUT2D eigenvalue weighted by Gasteiger charge is -2.18. The van der Waals surface area contributed by atoms with Crippen LogP contribution >= 0.6 is 0 Å². The molecular formula is C43H29N5O. The molecule has 0 atom stereocenters. The van der Waals surface area contributed by atoms with Crippen LogP contribution in [0.3, 0.4) is 0 Å². The van der Waals surface area contributed by atoms with Crippen molar-refractivity contribution in [2.24, 2.45) is 0 Å². The van der Waals surface area contributed by atoms with E-state index in [4.69, 9.17) is 24.4 Å². The summed E-state index contributed by atoms with van der Waals surface area (Å²) in [5, 5.41) is 1.99. The van der Waals surface area contributed by atoms with Gasteiger partial charge in [-0.1, -0.05) is 109 Å². The zero-order valence-electron chi connectivity index (χ0n) is 26.9. The standard InChI is InChI=1S/C43H29N5O/c1-43(2)32-19-11-17-29(38(32)48-34-21-10-9-20-33(34)44-42(43)48)28-23-24-35-31(25-28)37-30(18-12-22-36(37)49-35)41-46-39(26-13-5-3-6-14-26)45-40(47-41)27-15-7-4-8-16-27/h3-25H,1-2H3. The number of rotatable bonds is 4. The van der Waals surface area contributed by atoms with Gasteiger partial charge in [0, 0.05) is 33.0 Å². The van der Waals surface area contributed by atoms with E-state index in [9.17, 15) is 0 Å². The van der Waals surface area contributed by atoms with Crippen LogP contribution in [0.2, 0.25) is 0 Å². The summed E-state index contributed by atoms with van der Waals surface area (Å²) < 4.78 is 8.83. The number of imidazole rings is 1. The van der Waals surface area contributed by atoms with Crippen molar-refractivity contribution in [1.29, 1.82) is 0 Å². The summed E-state index contributed by atoms with van der Waals surface area (Å²) in [6.45, 7) is 4.53. The van der Waals surface area contributed by atoms with Gasteiger partial charge in [-0.2, -0.15) is 0 Å². The van der Waals surface area contributed by atoms with Crippen LogP contribution in [-0.2, 0) is 5.41 Å². The fourth-order valence-corrected chi connectivity index (χ4v) is 7.42. The summed E-state index contributed by atoms with van der Waals surface area (Å²) in [5.41, 5.74) is 11.0. The molecule has 0 N–H and O–H groups in total. The van der Waals surface area contributed by atoms with E-state index in [0.29, 0.717) is 17.5 Å². The number of nitrogens with zero attached hydrogens (tertiary/aromatic N) is 5. The molecule has 6 nitrogen and oxygen atoms in total. The van der Waals surface area contributed by atoms with Gasteiger partial charge in [-0.3, -0.25) is 4.57 Å². The second kappa shape index (κ2) is 10.3. The number of aromatic nitrogens is 5. The third-order valence-electron chi connectivity index (χ3n) is 9.80. The summed E-state index contributed by atoms with van der Waals surface area (Å²) in [4.78, 5) is 20.1. The van der Waals surface area contributed by atoms with Crippen LogP contribution < -0.4 is 0 Å². The lowest BCUT2D eigenvalue weighted by Crippen LogP contribution is -2.16. The van der Waals surface area contributed by atoms with E-state index in [1.807, 2.05) is 72.8 Å². The molecule has 1 aliphatic heterocycles. The Bertz CT molecular complexity index is 2680. The molecule has 0 amide bonds. The minimum Gasteiger partial charge on any atom is -0.456 e. The molecule has 0 aliphatic carbocycles. The highest BCUT2D eigenvalue weighted by molar-refractivity contribution is 6.13. The van der Waals surface area contributed by atoms with E-state index in [2.05, 4.69) is 85.1 Å². The number of furan rings is 1. The highest BCUT2D eigenvalue weighted by Crippen LogP contribution is 2.48. The third kappa shape index (κ3) is 4.14. The molecule has 0 saturated heterocycles. The summed E-state index contributed by atoms with van der Waals surface area (Å²) in [6.07, 6.45) is 0.